The molecule has 0 saturated carbocycles. The number of ether oxygens (including phenoxy) is 5. The van der Waals surface area contributed by atoms with Crippen LogP contribution >= 0.6 is 0 Å². The average Bonchev–Trinajstić information content (AvgIpc) is 2.93. The van der Waals surface area contributed by atoms with Gasteiger partial charge in [-0.15, -0.1) is 0 Å². The molecule has 1 atom stereocenters. The second kappa shape index (κ2) is 10.7. The standard InChI is InChI=1S/C24H33NO5/c1-6-29-22(30-7-2)15-25-20-12-8-16-14-17(26-3)9-10-18(16)23-19(20)11-13-21(27-4)24(23)28-5/h9-11,13-14,20,22,25H,6-8,12,15H2,1-5H3. The first-order valence-corrected chi connectivity index (χ1v) is 10.5. The molecule has 1 unspecified atom stereocenters. The van der Waals surface area contributed by atoms with Crippen molar-refractivity contribution in [1.82, 2.24) is 5.32 Å². The van der Waals surface area contributed by atoms with Gasteiger partial charge in [0.15, 0.2) is 17.8 Å². The maximum atomic E-state index is 5.82. The van der Waals surface area contributed by atoms with Crippen LogP contribution in [0, 0.1) is 0 Å². The van der Waals surface area contributed by atoms with Crippen LogP contribution in [0.3, 0.4) is 0 Å². The van der Waals surface area contributed by atoms with Gasteiger partial charge in [-0.1, -0.05) is 12.1 Å². The molecule has 0 amide bonds. The van der Waals surface area contributed by atoms with Gasteiger partial charge in [0, 0.05) is 31.4 Å². The number of fused-ring (bicyclic) bond motifs is 3. The highest BCUT2D eigenvalue weighted by Crippen LogP contribution is 2.47. The third-order valence-corrected chi connectivity index (χ3v) is 5.47. The van der Waals surface area contributed by atoms with Gasteiger partial charge in [0.05, 0.1) is 21.3 Å². The van der Waals surface area contributed by atoms with Gasteiger partial charge < -0.3 is 29.0 Å². The molecular formula is C24H33NO5. The highest BCUT2D eigenvalue weighted by Gasteiger charge is 2.28. The summed E-state index contributed by atoms with van der Waals surface area (Å²) in [7, 11) is 5.05. The Morgan fingerprint density at radius 2 is 1.73 bits per heavy atom. The number of rotatable bonds is 10. The summed E-state index contributed by atoms with van der Waals surface area (Å²) in [4.78, 5) is 0. The van der Waals surface area contributed by atoms with Crippen molar-refractivity contribution in [3.05, 3.63) is 41.5 Å². The Morgan fingerprint density at radius 3 is 2.37 bits per heavy atom. The fraction of sp³-hybridized carbons (Fsp3) is 0.500. The number of methoxy groups -OCH3 is 3. The molecule has 6 nitrogen and oxygen atoms in total. The Balaban J connectivity index is 2.02. The van der Waals surface area contributed by atoms with E-state index in [2.05, 4.69) is 23.5 Å². The van der Waals surface area contributed by atoms with Crippen molar-refractivity contribution in [1.29, 1.82) is 0 Å². The van der Waals surface area contributed by atoms with Crippen LogP contribution in [0.2, 0.25) is 0 Å². The van der Waals surface area contributed by atoms with Crippen molar-refractivity contribution < 1.29 is 23.7 Å². The maximum Gasteiger partial charge on any atom is 0.169 e. The fourth-order valence-electron chi connectivity index (χ4n) is 4.10. The molecule has 0 saturated heterocycles. The van der Waals surface area contributed by atoms with Crippen molar-refractivity contribution in [3.63, 3.8) is 0 Å². The summed E-state index contributed by atoms with van der Waals surface area (Å²) in [5, 5.41) is 3.66. The topological polar surface area (TPSA) is 58.2 Å². The minimum absolute atomic E-state index is 0.126. The molecule has 0 aliphatic heterocycles. The van der Waals surface area contributed by atoms with E-state index >= 15 is 0 Å². The molecule has 0 aromatic heterocycles. The third kappa shape index (κ3) is 4.72. The lowest BCUT2D eigenvalue weighted by molar-refractivity contribution is -0.133. The number of hydrogen-bond donors (Lipinski definition) is 1. The van der Waals surface area contributed by atoms with Gasteiger partial charge in [0.2, 0.25) is 0 Å². The van der Waals surface area contributed by atoms with Crippen molar-refractivity contribution in [2.24, 2.45) is 0 Å². The Bertz CT molecular complexity index is 833. The molecule has 0 heterocycles. The first kappa shape index (κ1) is 22.4. The van der Waals surface area contributed by atoms with Gasteiger partial charge in [-0.25, -0.2) is 0 Å². The van der Waals surface area contributed by atoms with E-state index in [1.165, 1.54) is 11.1 Å². The van der Waals surface area contributed by atoms with E-state index in [4.69, 9.17) is 23.7 Å². The van der Waals surface area contributed by atoms with Crippen LogP contribution in [0.25, 0.3) is 11.1 Å². The minimum Gasteiger partial charge on any atom is -0.497 e. The summed E-state index contributed by atoms with van der Waals surface area (Å²) in [6.45, 7) is 5.80. The molecule has 30 heavy (non-hydrogen) atoms. The summed E-state index contributed by atoms with van der Waals surface area (Å²) < 4.78 is 28.3. The molecule has 2 aromatic carbocycles. The van der Waals surface area contributed by atoms with Crippen molar-refractivity contribution in [2.45, 2.75) is 39.0 Å². The predicted octanol–water partition coefficient (Wildman–Crippen LogP) is 4.36. The van der Waals surface area contributed by atoms with Gasteiger partial charge in [-0.3, -0.25) is 0 Å². The Kier molecular flexibility index (Phi) is 7.96. The summed E-state index contributed by atoms with van der Waals surface area (Å²) in [6.07, 6.45) is 1.58. The van der Waals surface area contributed by atoms with Crippen molar-refractivity contribution >= 4 is 0 Å². The predicted molar refractivity (Wildman–Crippen MR) is 118 cm³/mol. The van der Waals surface area contributed by atoms with Crippen LogP contribution in [0.5, 0.6) is 17.2 Å². The lowest BCUT2D eigenvalue weighted by Gasteiger charge is -2.25. The Morgan fingerprint density at radius 1 is 0.967 bits per heavy atom. The second-order valence-corrected chi connectivity index (χ2v) is 7.13. The molecule has 0 radical (unpaired) electrons. The van der Waals surface area contributed by atoms with E-state index in [1.807, 2.05) is 26.0 Å². The van der Waals surface area contributed by atoms with Crippen LogP contribution < -0.4 is 19.5 Å². The second-order valence-electron chi connectivity index (χ2n) is 7.13. The quantitative estimate of drug-likeness (QED) is 0.582. The zero-order valence-corrected chi connectivity index (χ0v) is 18.6. The van der Waals surface area contributed by atoms with Crippen LogP contribution in [0.1, 0.15) is 37.4 Å². The molecular weight excluding hydrogens is 382 g/mol. The van der Waals surface area contributed by atoms with Gasteiger partial charge in [0.25, 0.3) is 0 Å². The fourth-order valence-corrected chi connectivity index (χ4v) is 4.10. The average molecular weight is 416 g/mol. The minimum atomic E-state index is -0.269. The molecule has 0 bridgehead atoms. The van der Waals surface area contributed by atoms with Gasteiger partial charge >= 0.3 is 0 Å². The first-order chi connectivity index (χ1) is 14.7. The molecule has 6 heteroatoms. The molecule has 1 aliphatic rings. The van der Waals surface area contributed by atoms with Gasteiger partial charge in [-0.2, -0.15) is 0 Å². The summed E-state index contributed by atoms with van der Waals surface area (Å²) in [6, 6.07) is 10.5. The van der Waals surface area contributed by atoms with Crippen LogP contribution in [-0.2, 0) is 15.9 Å². The third-order valence-electron chi connectivity index (χ3n) is 5.47. The summed E-state index contributed by atoms with van der Waals surface area (Å²) in [5.74, 6) is 2.33. The monoisotopic (exact) mass is 415 g/mol. The zero-order valence-electron chi connectivity index (χ0n) is 18.6. The SMILES string of the molecule is CCOC(CNC1CCc2cc(OC)ccc2-c2c1ccc(OC)c2OC)OCC. The highest BCUT2D eigenvalue weighted by atomic mass is 16.7. The van der Waals surface area contributed by atoms with E-state index < -0.39 is 0 Å². The van der Waals surface area contributed by atoms with Crippen molar-refractivity contribution in [2.75, 3.05) is 41.1 Å². The Labute approximate surface area is 179 Å². The number of benzene rings is 2. The van der Waals surface area contributed by atoms with Crippen LogP contribution in [-0.4, -0.2) is 47.4 Å². The normalized spacial score (nSPS) is 15.3. The van der Waals surface area contributed by atoms with Gasteiger partial charge in [0.1, 0.15) is 5.75 Å². The molecule has 1 aliphatic carbocycles. The molecule has 164 valence electrons. The summed E-state index contributed by atoms with van der Waals surface area (Å²) in [5.41, 5.74) is 4.63. The molecule has 0 fully saturated rings. The lowest BCUT2D eigenvalue weighted by atomic mass is 9.93. The van der Waals surface area contributed by atoms with E-state index in [0.717, 1.165) is 41.2 Å². The largest absolute Gasteiger partial charge is 0.497 e. The summed E-state index contributed by atoms with van der Waals surface area (Å²) >= 11 is 0. The number of hydrogen-bond acceptors (Lipinski definition) is 6. The molecule has 1 N–H and O–H groups in total. The van der Waals surface area contributed by atoms with Crippen LogP contribution in [0.4, 0.5) is 0 Å². The highest BCUT2D eigenvalue weighted by molar-refractivity contribution is 5.81. The van der Waals surface area contributed by atoms with E-state index in [1.54, 1.807) is 21.3 Å². The molecule has 0 spiro atoms. The van der Waals surface area contributed by atoms with Gasteiger partial charge in [-0.05, 0) is 61.6 Å². The lowest BCUT2D eigenvalue weighted by Crippen LogP contribution is -2.34. The smallest absolute Gasteiger partial charge is 0.169 e. The van der Waals surface area contributed by atoms with E-state index in [0.29, 0.717) is 19.8 Å². The number of aryl methyl sites for hydroxylation is 1. The molecule has 3 rings (SSSR count). The number of nitrogens with one attached hydrogen (secondary N) is 1. The van der Waals surface area contributed by atoms with E-state index in [-0.39, 0.29) is 12.3 Å². The maximum absolute atomic E-state index is 5.82. The van der Waals surface area contributed by atoms with Crippen molar-refractivity contribution in [3.8, 4) is 28.4 Å². The molecule has 2 aromatic rings. The van der Waals surface area contributed by atoms with E-state index in [9.17, 15) is 0 Å². The van der Waals surface area contributed by atoms with Crippen LogP contribution in [0.15, 0.2) is 30.3 Å². The Hall–Kier alpha value is -2.28. The zero-order chi connectivity index (χ0) is 21.5. The first-order valence-electron chi connectivity index (χ1n) is 10.5.